The minimum Gasteiger partial charge on any atom is -0.352 e. The fourth-order valence-corrected chi connectivity index (χ4v) is 3.48. The molecule has 1 amide bonds. The van der Waals surface area contributed by atoms with Gasteiger partial charge in [-0.1, -0.05) is 35.0 Å². The van der Waals surface area contributed by atoms with Crippen molar-refractivity contribution in [1.29, 1.82) is 5.26 Å². The first-order chi connectivity index (χ1) is 10.9. The Morgan fingerprint density at radius 2 is 2.17 bits per heavy atom. The van der Waals surface area contributed by atoms with Gasteiger partial charge in [0.15, 0.2) is 9.84 Å². The molecule has 0 aromatic heterocycles. The summed E-state index contributed by atoms with van der Waals surface area (Å²) in [6.45, 7) is 2.40. The Bertz CT molecular complexity index is 721. The molecule has 0 fully saturated rings. The van der Waals surface area contributed by atoms with Crippen LogP contribution in [-0.2, 0) is 14.6 Å². The summed E-state index contributed by atoms with van der Waals surface area (Å²) in [7, 11) is -3.51. The van der Waals surface area contributed by atoms with Gasteiger partial charge in [-0.15, -0.1) is 0 Å². The molecule has 0 radical (unpaired) electrons. The van der Waals surface area contributed by atoms with Gasteiger partial charge < -0.3 is 5.32 Å². The maximum absolute atomic E-state index is 12.2. The molecule has 0 atom stereocenters. The fourth-order valence-electron chi connectivity index (χ4n) is 1.83. The summed E-state index contributed by atoms with van der Waals surface area (Å²) in [4.78, 5) is 12.2. The summed E-state index contributed by atoms with van der Waals surface area (Å²) < 4.78 is 24.9. The molecule has 7 heteroatoms. The van der Waals surface area contributed by atoms with E-state index in [0.717, 1.165) is 16.5 Å². The van der Waals surface area contributed by atoms with Crippen LogP contribution < -0.4 is 5.32 Å². The van der Waals surface area contributed by atoms with Gasteiger partial charge in [0.2, 0.25) is 5.91 Å². The van der Waals surface area contributed by atoms with Crippen molar-refractivity contribution in [3.8, 4) is 6.07 Å². The standard InChI is InChI=1S/C16H19BrN2O3S/c1-2-8-19-16(20)14(12-23(21,22)9-4-7-18)10-13-5-3-6-15(17)11-13/h3,5-6,10-11H,2,4,8-9,12H2,1H3,(H,19,20)/b14-10+. The molecule has 0 heterocycles. The molecule has 5 nitrogen and oxygen atoms in total. The molecule has 1 N–H and O–H groups in total. The maximum Gasteiger partial charge on any atom is 0.248 e. The number of nitriles is 1. The molecule has 1 rings (SSSR count). The van der Waals surface area contributed by atoms with Crippen LogP contribution in [-0.4, -0.2) is 32.4 Å². The summed E-state index contributed by atoms with van der Waals surface area (Å²) in [5.74, 6) is -1.02. The molecular weight excluding hydrogens is 380 g/mol. The quantitative estimate of drug-likeness (QED) is 0.681. The largest absolute Gasteiger partial charge is 0.352 e. The Balaban J connectivity index is 3.07. The molecular formula is C16H19BrN2O3S. The van der Waals surface area contributed by atoms with Gasteiger partial charge in [-0.2, -0.15) is 5.26 Å². The monoisotopic (exact) mass is 398 g/mol. The van der Waals surface area contributed by atoms with E-state index in [1.165, 1.54) is 0 Å². The van der Waals surface area contributed by atoms with Gasteiger partial charge in [-0.25, -0.2) is 8.42 Å². The van der Waals surface area contributed by atoms with Gasteiger partial charge in [0.05, 0.1) is 17.6 Å². The highest BCUT2D eigenvalue weighted by molar-refractivity contribution is 9.10. The molecule has 0 spiro atoms. The zero-order chi connectivity index (χ0) is 17.3. The van der Waals surface area contributed by atoms with Gasteiger partial charge in [-0.3, -0.25) is 4.79 Å². The second-order valence-corrected chi connectivity index (χ2v) is 8.08. The van der Waals surface area contributed by atoms with E-state index >= 15 is 0 Å². The van der Waals surface area contributed by atoms with Crippen LogP contribution in [0.4, 0.5) is 0 Å². The molecule has 124 valence electrons. The van der Waals surface area contributed by atoms with E-state index in [1.807, 2.05) is 25.1 Å². The van der Waals surface area contributed by atoms with Crippen LogP contribution in [0.15, 0.2) is 34.3 Å². The third-order valence-electron chi connectivity index (χ3n) is 2.92. The first-order valence-corrected chi connectivity index (χ1v) is 9.81. The van der Waals surface area contributed by atoms with Gasteiger partial charge in [0, 0.05) is 23.0 Å². The van der Waals surface area contributed by atoms with Gasteiger partial charge >= 0.3 is 0 Å². The van der Waals surface area contributed by atoms with E-state index in [9.17, 15) is 13.2 Å². The van der Waals surface area contributed by atoms with Crippen molar-refractivity contribution in [2.75, 3.05) is 18.1 Å². The second kappa shape index (κ2) is 9.48. The predicted octanol–water partition coefficient (Wildman–Crippen LogP) is 2.69. The number of sulfone groups is 1. The van der Waals surface area contributed by atoms with E-state index < -0.39 is 15.7 Å². The smallest absolute Gasteiger partial charge is 0.248 e. The number of halogens is 1. The number of carbonyl (C=O) groups excluding carboxylic acids is 1. The Hall–Kier alpha value is -1.65. The highest BCUT2D eigenvalue weighted by Crippen LogP contribution is 2.16. The van der Waals surface area contributed by atoms with Crippen molar-refractivity contribution in [3.05, 3.63) is 39.9 Å². The summed E-state index contributed by atoms with van der Waals surface area (Å²) in [6.07, 6.45) is 2.25. The lowest BCUT2D eigenvalue weighted by molar-refractivity contribution is -0.117. The summed E-state index contributed by atoms with van der Waals surface area (Å²) in [5, 5.41) is 11.2. The first-order valence-electron chi connectivity index (χ1n) is 7.19. The number of nitrogens with one attached hydrogen (secondary N) is 1. The molecule has 0 saturated heterocycles. The highest BCUT2D eigenvalue weighted by atomic mass is 79.9. The molecule has 1 aromatic rings. The fraction of sp³-hybridized carbons (Fsp3) is 0.375. The Morgan fingerprint density at radius 1 is 1.43 bits per heavy atom. The number of hydrogen-bond donors (Lipinski definition) is 1. The molecule has 1 aromatic carbocycles. The zero-order valence-electron chi connectivity index (χ0n) is 12.9. The van der Waals surface area contributed by atoms with Crippen molar-refractivity contribution in [2.24, 2.45) is 0 Å². The number of amides is 1. The normalized spacial score (nSPS) is 11.8. The average Bonchev–Trinajstić information content (AvgIpc) is 2.50. The van der Waals surface area contributed by atoms with Gasteiger partial charge in [-0.05, 0) is 30.2 Å². The predicted molar refractivity (Wildman–Crippen MR) is 94.3 cm³/mol. The lowest BCUT2D eigenvalue weighted by Gasteiger charge is -2.09. The second-order valence-electron chi connectivity index (χ2n) is 4.98. The maximum atomic E-state index is 12.2. The molecule has 0 unspecified atom stereocenters. The van der Waals surface area contributed by atoms with Gasteiger partial charge in [0.25, 0.3) is 0 Å². The summed E-state index contributed by atoms with van der Waals surface area (Å²) >= 11 is 3.34. The number of rotatable bonds is 8. The lowest BCUT2D eigenvalue weighted by Crippen LogP contribution is -2.29. The lowest BCUT2D eigenvalue weighted by atomic mass is 10.1. The van der Waals surface area contributed by atoms with Crippen molar-refractivity contribution < 1.29 is 13.2 Å². The molecule has 0 bridgehead atoms. The van der Waals surface area contributed by atoms with E-state index in [1.54, 1.807) is 18.2 Å². The van der Waals surface area contributed by atoms with Crippen molar-refractivity contribution in [3.63, 3.8) is 0 Å². The number of carbonyl (C=O) groups is 1. The average molecular weight is 399 g/mol. The van der Waals surface area contributed by atoms with E-state index in [0.29, 0.717) is 6.54 Å². The number of nitrogens with zero attached hydrogens (tertiary/aromatic N) is 1. The molecule has 0 aliphatic heterocycles. The van der Waals surface area contributed by atoms with E-state index in [-0.39, 0.29) is 23.5 Å². The summed E-state index contributed by atoms with van der Waals surface area (Å²) in [5.41, 5.74) is 0.908. The Labute approximate surface area is 145 Å². The van der Waals surface area contributed by atoms with E-state index in [2.05, 4.69) is 21.2 Å². The van der Waals surface area contributed by atoms with E-state index in [4.69, 9.17) is 5.26 Å². The van der Waals surface area contributed by atoms with Gasteiger partial charge in [0.1, 0.15) is 0 Å². The van der Waals surface area contributed by atoms with Crippen LogP contribution in [0, 0.1) is 11.3 Å². The topological polar surface area (TPSA) is 87.0 Å². The molecule has 0 aliphatic rings. The summed E-state index contributed by atoms with van der Waals surface area (Å²) in [6, 6.07) is 9.06. The van der Waals surface area contributed by atoms with Crippen LogP contribution in [0.2, 0.25) is 0 Å². The van der Waals surface area contributed by atoms with Crippen LogP contribution >= 0.6 is 15.9 Å². The number of hydrogen-bond acceptors (Lipinski definition) is 4. The number of benzene rings is 1. The first kappa shape index (κ1) is 19.4. The SMILES string of the molecule is CCCNC(=O)/C(=C/c1cccc(Br)c1)CS(=O)(=O)CCC#N. The highest BCUT2D eigenvalue weighted by Gasteiger charge is 2.19. The minimum atomic E-state index is -3.51. The van der Waals surface area contributed by atoms with Crippen LogP contribution in [0.3, 0.4) is 0 Å². The van der Waals surface area contributed by atoms with Crippen molar-refractivity contribution in [2.45, 2.75) is 19.8 Å². The third-order valence-corrected chi connectivity index (χ3v) is 4.99. The minimum absolute atomic E-state index is 0.0803. The Kier molecular flexibility index (Phi) is 8.00. The van der Waals surface area contributed by atoms with Crippen molar-refractivity contribution >= 4 is 37.8 Å². The zero-order valence-corrected chi connectivity index (χ0v) is 15.3. The molecule has 0 aliphatic carbocycles. The van der Waals surface area contributed by atoms with Crippen LogP contribution in [0.25, 0.3) is 6.08 Å². The van der Waals surface area contributed by atoms with Crippen LogP contribution in [0.1, 0.15) is 25.3 Å². The Morgan fingerprint density at radius 3 is 2.78 bits per heavy atom. The van der Waals surface area contributed by atoms with Crippen molar-refractivity contribution in [1.82, 2.24) is 5.32 Å². The molecule has 0 saturated carbocycles. The van der Waals surface area contributed by atoms with Crippen LogP contribution in [0.5, 0.6) is 0 Å². The third kappa shape index (κ3) is 7.44. The molecule has 23 heavy (non-hydrogen) atoms.